The summed E-state index contributed by atoms with van der Waals surface area (Å²) in [5, 5.41) is 3.63. The highest BCUT2D eigenvalue weighted by Gasteiger charge is 2.25. The van der Waals surface area contributed by atoms with E-state index in [1.54, 1.807) is 7.11 Å². The lowest BCUT2D eigenvalue weighted by atomic mass is 10.0. The molecule has 2 heteroatoms. The molecular weight excluding hydrogens is 258 g/mol. The molecule has 1 saturated carbocycles. The number of rotatable bonds is 6. The highest BCUT2D eigenvalue weighted by Crippen LogP contribution is 2.41. The Bertz CT molecular complexity index is 604. The molecule has 0 aliphatic heterocycles. The van der Waals surface area contributed by atoms with Crippen LogP contribution in [-0.4, -0.2) is 7.11 Å². The zero-order valence-corrected chi connectivity index (χ0v) is 12.8. The van der Waals surface area contributed by atoms with Crippen molar-refractivity contribution in [2.75, 3.05) is 7.11 Å². The van der Waals surface area contributed by atoms with Gasteiger partial charge in [0, 0.05) is 18.2 Å². The summed E-state index contributed by atoms with van der Waals surface area (Å²) in [6, 6.07) is 17.3. The molecule has 3 rings (SSSR count). The Balaban J connectivity index is 1.70. The van der Waals surface area contributed by atoms with Crippen molar-refractivity contribution in [1.82, 2.24) is 5.32 Å². The van der Waals surface area contributed by atoms with Gasteiger partial charge >= 0.3 is 0 Å². The van der Waals surface area contributed by atoms with Crippen molar-refractivity contribution in [3.63, 3.8) is 0 Å². The van der Waals surface area contributed by atoms with Crippen LogP contribution in [0.25, 0.3) is 0 Å². The highest BCUT2D eigenvalue weighted by molar-refractivity contribution is 5.36. The summed E-state index contributed by atoms with van der Waals surface area (Å²) in [5.74, 6) is 1.75. The summed E-state index contributed by atoms with van der Waals surface area (Å²) < 4.78 is 5.45. The van der Waals surface area contributed by atoms with Crippen LogP contribution >= 0.6 is 0 Å². The minimum atomic E-state index is 0.272. The Morgan fingerprint density at radius 1 is 1.10 bits per heavy atom. The predicted octanol–water partition coefficient (Wildman–Crippen LogP) is 4.42. The van der Waals surface area contributed by atoms with E-state index in [0.717, 1.165) is 18.2 Å². The zero-order valence-electron chi connectivity index (χ0n) is 12.8. The molecule has 2 aromatic rings. The van der Waals surface area contributed by atoms with Crippen molar-refractivity contribution in [1.29, 1.82) is 0 Å². The highest BCUT2D eigenvalue weighted by atomic mass is 16.5. The molecule has 1 atom stereocenters. The molecule has 1 aliphatic carbocycles. The van der Waals surface area contributed by atoms with E-state index < -0.39 is 0 Å². The summed E-state index contributed by atoms with van der Waals surface area (Å²) in [6.07, 6.45) is 2.69. The standard InChI is InChI=1S/C19H23NO/c1-14(17-8-5-6-10-19(17)21-2)20-13-16-7-3-4-9-18(16)15-11-12-15/h3-10,14-15,20H,11-13H2,1-2H3. The van der Waals surface area contributed by atoms with E-state index >= 15 is 0 Å². The minimum Gasteiger partial charge on any atom is -0.496 e. The Labute approximate surface area is 127 Å². The van der Waals surface area contributed by atoms with E-state index in [1.807, 2.05) is 12.1 Å². The molecule has 0 spiro atoms. The molecule has 2 nitrogen and oxygen atoms in total. The molecule has 110 valence electrons. The van der Waals surface area contributed by atoms with E-state index in [1.165, 1.54) is 29.5 Å². The topological polar surface area (TPSA) is 21.3 Å². The number of methoxy groups -OCH3 is 1. The van der Waals surface area contributed by atoms with Crippen molar-refractivity contribution in [2.45, 2.75) is 38.3 Å². The maximum atomic E-state index is 5.45. The summed E-state index contributed by atoms with van der Waals surface area (Å²) in [7, 11) is 1.73. The second-order valence-corrected chi connectivity index (χ2v) is 5.82. The molecule has 0 heterocycles. The minimum absolute atomic E-state index is 0.272. The van der Waals surface area contributed by atoms with Gasteiger partial charge in [0.2, 0.25) is 0 Å². The lowest BCUT2D eigenvalue weighted by Gasteiger charge is -2.18. The number of hydrogen-bond donors (Lipinski definition) is 1. The van der Waals surface area contributed by atoms with Crippen molar-refractivity contribution in [3.05, 3.63) is 65.2 Å². The van der Waals surface area contributed by atoms with Crippen LogP contribution in [-0.2, 0) is 6.54 Å². The maximum absolute atomic E-state index is 5.45. The Morgan fingerprint density at radius 3 is 2.57 bits per heavy atom. The van der Waals surface area contributed by atoms with Gasteiger partial charge in [-0.25, -0.2) is 0 Å². The molecule has 21 heavy (non-hydrogen) atoms. The van der Waals surface area contributed by atoms with Crippen LogP contribution in [0.4, 0.5) is 0 Å². The smallest absolute Gasteiger partial charge is 0.123 e. The van der Waals surface area contributed by atoms with Crippen LogP contribution in [0, 0.1) is 0 Å². The molecule has 0 bridgehead atoms. The maximum Gasteiger partial charge on any atom is 0.123 e. The van der Waals surface area contributed by atoms with Gasteiger partial charge in [0.25, 0.3) is 0 Å². The molecule has 0 saturated heterocycles. The first-order valence-corrected chi connectivity index (χ1v) is 7.73. The number of para-hydroxylation sites is 1. The van der Waals surface area contributed by atoms with Crippen molar-refractivity contribution >= 4 is 0 Å². The third kappa shape index (κ3) is 3.27. The van der Waals surface area contributed by atoms with Crippen molar-refractivity contribution in [3.8, 4) is 5.75 Å². The van der Waals surface area contributed by atoms with Crippen LogP contribution in [0.3, 0.4) is 0 Å². The zero-order chi connectivity index (χ0) is 14.7. The van der Waals surface area contributed by atoms with E-state index in [0.29, 0.717) is 0 Å². The van der Waals surface area contributed by atoms with Gasteiger partial charge in [0.15, 0.2) is 0 Å². The fourth-order valence-electron chi connectivity index (χ4n) is 2.88. The van der Waals surface area contributed by atoms with Gasteiger partial charge in [-0.05, 0) is 42.9 Å². The average molecular weight is 281 g/mol. The van der Waals surface area contributed by atoms with E-state index in [9.17, 15) is 0 Å². The first-order chi connectivity index (χ1) is 10.3. The second kappa shape index (κ2) is 6.31. The van der Waals surface area contributed by atoms with Gasteiger partial charge in [-0.3, -0.25) is 0 Å². The molecule has 0 amide bonds. The summed E-state index contributed by atoms with van der Waals surface area (Å²) in [6.45, 7) is 3.10. The fourth-order valence-corrected chi connectivity index (χ4v) is 2.88. The predicted molar refractivity (Wildman–Crippen MR) is 86.7 cm³/mol. The normalized spacial score (nSPS) is 15.7. The lowest BCUT2D eigenvalue weighted by Crippen LogP contribution is -2.19. The van der Waals surface area contributed by atoms with Crippen molar-refractivity contribution < 1.29 is 4.74 Å². The third-order valence-electron chi connectivity index (χ3n) is 4.28. The third-order valence-corrected chi connectivity index (χ3v) is 4.28. The average Bonchev–Trinajstić information content (AvgIpc) is 3.37. The Morgan fingerprint density at radius 2 is 1.81 bits per heavy atom. The Kier molecular flexibility index (Phi) is 4.26. The summed E-state index contributed by atoms with van der Waals surface area (Å²) >= 11 is 0. The van der Waals surface area contributed by atoms with Gasteiger partial charge in [0.1, 0.15) is 5.75 Å². The lowest BCUT2D eigenvalue weighted by molar-refractivity contribution is 0.401. The van der Waals surface area contributed by atoms with Crippen LogP contribution in [0.1, 0.15) is 48.4 Å². The molecule has 1 unspecified atom stereocenters. The van der Waals surface area contributed by atoms with Gasteiger partial charge in [-0.1, -0.05) is 42.5 Å². The second-order valence-electron chi connectivity index (χ2n) is 5.82. The monoisotopic (exact) mass is 281 g/mol. The SMILES string of the molecule is COc1ccccc1C(C)NCc1ccccc1C1CC1. The van der Waals surface area contributed by atoms with Gasteiger partial charge in [-0.2, -0.15) is 0 Å². The molecule has 0 aromatic heterocycles. The first kappa shape index (κ1) is 14.2. The fraction of sp³-hybridized carbons (Fsp3) is 0.368. The molecular formula is C19H23NO. The van der Waals surface area contributed by atoms with Crippen LogP contribution < -0.4 is 10.1 Å². The molecule has 1 aliphatic rings. The van der Waals surface area contributed by atoms with E-state index in [-0.39, 0.29) is 6.04 Å². The number of nitrogens with one attached hydrogen (secondary N) is 1. The largest absolute Gasteiger partial charge is 0.496 e. The molecule has 0 radical (unpaired) electrons. The number of hydrogen-bond acceptors (Lipinski definition) is 2. The van der Waals surface area contributed by atoms with Crippen LogP contribution in [0.15, 0.2) is 48.5 Å². The van der Waals surface area contributed by atoms with E-state index in [2.05, 4.69) is 48.6 Å². The molecule has 1 N–H and O–H groups in total. The van der Waals surface area contributed by atoms with Gasteiger partial charge in [-0.15, -0.1) is 0 Å². The summed E-state index contributed by atoms with van der Waals surface area (Å²) in [5.41, 5.74) is 4.17. The van der Waals surface area contributed by atoms with Crippen molar-refractivity contribution in [2.24, 2.45) is 0 Å². The Hall–Kier alpha value is -1.80. The first-order valence-electron chi connectivity index (χ1n) is 7.73. The molecule has 2 aromatic carbocycles. The van der Waals surface area contributed by atoms with E-state index in [4.69, 9.17) is 4.74 Å². The van der Waals surface area contributed by atoms with Gasteiger partial charge < -0.3 is 10.1 Å². The summed E-state index contributed by atoms with van der Waals surface area (Å²) in [4.78, 5) is 0. The number of benzene rings is 2. The number of ether oxygens (including phenoxy) is 1. The van der Waals surface area contributed by atoms with Crippen LogP contribution in [0.5, 0.6) is 5.75 Å². The molecule has 1 fully saturated rings. The quantitative estimate of drug-likeness (QED) is 0.846. The van der Waals surface area contributed by atoms with Gasteiger partial charge in [0.05, 0.1) is 7.11 Å². The van der Waals surface area contributed by atoms with Crippen LogP contribution in [0.2, 0.25) is 0 Å².